The Morgan fingerprint density at radius 3 is 2.44 bits per heavy atom. The highest BCUT2D eigenvalue weighted by Crippen LogP contribution is 2.29. The molecule has 1 aliphatic heterocycles. The third-order valence-electron chi connectivity index (χ3n) is 4.27. The molecule has 1 saturated heterocycles. The second-order valence-corrected chi connectivity index (χ2v) is 5.67. The summed E-state index contributed by atoms with van der Waals surface area (Å²) in [5.41, 5.74) is 0. The molecule has 0 radical (unpaired) electrons. The van der Waals surface area contributed by atoms with E-state index in [4.69, 9.17) is 0 Å². The predicted molar refractivity (Wildman–Crippen MR) is 72.3 cm³/mol. The Morgan fingerprint density at radius 1 is 1.12 bits per heavy atom. The molecule has 0 aromatic carbocycles. The fourth-order valence-corrected chi connectivity index (χ4v) is 3.00. The van der Waals surface area contributed by atoms with Gasteiger partial charge >= 0.3 is 0 Å². The van der Waals surface area contributed by atoms with E-state index in [1.807, 2.05) is 0 Å². The summed E-state index contributed by atoms with van der Waals surface area (Å²) < 4.78 is 0. The molecule has 2 rings (SSSR count). The zero-order valence-corrected chi connectivity index (χ0v) is 11.6. The molecule has 1 aliphatic carbocycles. The number of rotatable bonds is 2. The van der Waals surface area contributed by atoms with E-state index in [1.165, 1.54) is 51.9 Å². The molecule has 1 saturated carbocycles. The Morgan fingerprint density at radius 2 is 1.81 bits per heavy atom. The average Bonchev–Trinajstić information content (AvgIpc) is 2.25. The third kappa shape index (κ3) is 3.90. The molecule has 3 heteroatoms. The predicted octanol–water partition coefficient (Wildman–Crippen LogP) is 2.53. The first-order valence-electron chi connectivity index (χ1n) is 6.70. The van der Waals surface area contributed by atoms with Crippen LogP contribution < -0.4 is 5.32 Å². The van der Waals surface area contributed by atoms with Crippen LogP contribution in [0, 0.1) is 11.8 Å². The zero-order valence-electron chi connectivity index (χ0n) is 10.7. The topological polar surface area (TPSA) is 15.3 Å². The van der Waals surface area contributed by atoms with Crippen LogP contribution in [0.25, 0.3) is 0 Å². The van der Waals surface area contributed by atoms with Crippen LogP contribution in [0.3, 0.4) is 0 Å². The first kappa shape index (κ1) is 14.3. The summed E-state index contributed by atoms with van der Waals surface area (Å²) in [6.45, 7) is 9.75. The summed E-state index contributed by atoms with van der Waals surface area (Å²) >= 11 is 0. The summed E-state index contributed by atoms with van der Waals surface area (Å²) in [6, 6.07) is 0.748. The van der Waals surface area contributed by atoms with Gasteiger partial charge in [0.05, 0.1) is 0 Å². The molecular formula is C13H27ClN2. The lowest BCUT2D eigenvalue weighted by atomic mass is 9.82. The fourth-order valence-electron chi connectivity index (χ4n) is 3.00. The Balaban J connectivity index is 0.00000128. The van der Waals surface area contributed by atoms with Gasteiger partial charge in [0.15, 0.2) is 0 Å². The van der Waals surface area contributed by atoms with Crippen molar-refractivity contribution in [1.82, 2.24) is 10.2 Å². The van der Waals surface area contributed by atoms with Gasteiger partial charge in [-0.15, -0.1) is 12.4 Å². The highest BCUT2D eigenvalue weighted by Gasteiger charge is 2.24. The van der Waals surface area contributed by atoms with Gasteiger partial charge in [-0.2, -0.15) is 0 Å². The highest BCUT2D eigenvalue weighted by atomic mass is 35.5. The molecule has 16 heavy (non-hydrogen) atoms. The van der Waals surface area contributed by atoms with Crippen LogP contribution in [0.4, 0.5) is 0 Å². The zero-order chi connectivity index (χ0) is 10.7. The summed E-state index contributed by atoms with van der Waals surface area (Å²) in [6.07, 6.45) is 5.87. The van der Waals surface area contributed by atoms with E-state index >= 15 is 0 Å². The maximum absolute atomic E-state index is 3.47. The summed E-state index contributed by atoms with van der Waals surface area (Å²) in [4.78, 5) is 2.69. The Hall–Kier alpha value is 0.210. The normalized spacial score (nSPS) is 36.8. The first-order valence-corrected chi connectivity index (χ1v) is 6.70. The lowest BCUT2D eigenvalue weighted by Crippen LogP contribution is -2.51. The van der Waals surface area contributed by atoms with Crippen molar-refractivity contribution in [2.75, 3.05) is 26.2 Å². The first-order chi connectivity index (χ1) is 7.25. The van der Waals surface area contributed by atoms with Crippen molar-refractivity contribution in [3.05, 3.63) is 0 Å². The molecule has 0 unspecified atom stereocenters. The molecule has 0 spiro atoms. The van der Waals surface area contributed by atoms with Crippen LogP contribution >= 0.6 is 12.4 Å². The quantitative estimate of drug-likeness (QED) is 0.806. The van der Waals surface area contributed by atoms with Gasteiger partial charge in [-0.25, -0.2) is 0 Å². The molecule has 1 N–H and O–H groups in total. The van der Waals surface area contributed by atoms with Gasteiger partial charge < -0.3 is 5.32 Å². The largest absolute Gasteiger partial charge is 0.314 e. The van der Waals surface area contributed by atoms with Gasteiger partial charge in [-0.3, -0.25) is 4.90 Å². The minimum absolute atomic E-state index is 0. The molecule has 0 aromatic heterocycles. The van der Waals surface area contributed by atoms with Crippen molar-refractivity contribution in [1.29, 1.82) is 0 Å². The lowest BCUT2D eigenvalue weighted by molar-refractivity contribution is 0.126. The number of halogens is 1. The minimum atomic E-state index is 0. The molecule has 1 atom stereocenters. The van der Waals surface area contributed by atoms with Gasteiger partial charge in [0.2, 0.25) is 0 Å². The van der Waals surface area contributed by atoms with E-state index < -0.39 is 0 Å². The minimum Gasteiger partial charge on any atom is -0.314 e. The van der Waals surface area contributed by atoms with Crippen molar-refractivity contribution in [3.63, 3.8) is 0 Å². The number of hydrogen-bond donors (Lipinski definition) is 1. The van der Waals surface area contributed by atoms with Crippen molar-refractivity contribution >= 4 is 12.4 Å². The van der Waals surface area contributed by atoms with Crippen molar-refractivity contribution in [3.8, 4) is 0 Å². The Labute approximate surface area is 107 Å². The molecule has 0 bridgehead atoms. The van der Waals surface area contributed by atoms with Crippen molar-refractivity contribution < 1.29 is 0 Å². The van der Waals surface area contributed by atoms with Crippen LogP contribution in [-0.4, -0.2) is 37.1 Å². The van der Waals surface area contributed by atoms with E-state index in [2.05, 4.69) is 24.1 Å². The van der Waals surface area contributed by atoms with Gasteiger partial charge in [0.1, 0.15) is 0 Å². The molecule has 2 nitrogen and oxygen atoms in total. The Kier molecular flexibility index (Phi) is 6.09. The molecule has 1 heterocycles. The van der Waals surface area contributed by atoms with Gasteiger partial charge in [0, 0.05) is 32.2 Å². The van der Waals surface area contributed by atoms with Crippen LogP contribution in [0.1, 0.15) is 39.5 Å². The van der Waals surface area contributed by atoms with E-state index in [1.54, 1.807) is 0 Å². The van der Waals surface area contributed by atoms with Gasteiger partial charge in [0.25, 0.3) is 0 Å². The summed E-state index contributed by atoms with van der Waals surface area (Å²) in [5.74, 6) is 1.98. The Bertz CT molecular complexity index is 190. The second-order valence-electron chi connectivity index (χ2n) is 5.67. The SMILES string of the molecule is CC1CCC(CN2CCNC[C@@H]2C)CC1.Cl. The highest BCUT2D eigenvalue weighted by molar-refractivity contribution is 5.85. The van der Waals surface area contributed by atoms with Crippen molar-refractivity contribution in [2.45, 2.75) is 45.6 Å². The van der Waals surface area contributed by atoms with Crippen LogP contribution in [0.5, 0.6) is 0 Å². The van der Waals surface area contributed by atoms with Crippen LogP contribution in [0.2, 0.25) is 0 Å². The van der Waals surface area contributed by atoms with Crippen LogP contribution in [0.15, 0.2) is 0 Å². The van der Waals surface area contributed by atoms with Crippen LogP contribution in [-0.2, 0) is 0 Å². The maximum Gasteiger partial charge on any atom is 0.0193 e. The summed E-state index contributed by atoms with van der Waals surface area (Å²) in [5, 5.41) is 3.47. The van der Waals surface area contributed by atoms with Crippen molar-refractivity contribution in [2.24, 2.45) is 11.8 Å². The molecule has 0 amide bonds. The maximum atomic E-state index is 3.47. The smallest absolute Gasteiger partial charge is 0.0193 e. The van der Waals surface area contributed by atoms with Gasteiger partial charge in [-0.05, 0) is 31.6 Å². The monoisotopic (exact) mass is 246 g/mol. The fraction of sp³-hybridized carbons (Fsp3) is 1.00. The number of nitrogens with zero attached hydrogens (tertiary/aromatic N) is 1. The second kappa shape index (κ2) is 6.83. The number of nitrogens with one attached hydrogen (secondary N) is 1. The van der Waals surface area contributed by atoms with E-state index in [0.717, 1.165) is 17.9 Å². The standard InChI is InChI=1S/C13H26N2.ClH/c1-11-3-5-13(6-4-11)10-15-8-7-14-9-12(15)2;/h11-14H,3-10H2,1-2H3;1H/t11?,12-,13?;/m0./s1. The van der Waals surface area contributed by atoms with E-state index in [0.29, 0.717) is 0 Å². The molecule has 2 fully saturated rings. The summed E-state index contributed by atoms with van der Waals surface area (Å²) in [7, 11) is 0. The average molecular weight is 247 g/mol. The third-order valence-corrected chi connectivity index (χ3v) is 4.27. The molecule has 0 aromatic rings. The number of hydrogen-bond acceptors (Lipinski definition) is 2. The number of piperazine rings is 1. The molecule has 2 aliphatic rings. The van der Waals surface area contributed by atoms with E-state index in [9.17, 15) is 0 Å². The molecule has 96 valence electrons. The van der Waals surface area contributed by atoms with E-state index in [-0.39, 0.29) is 12.4 Å². The van der Waals surface area contributed by atoms with Gasteiger partial charge in [-0.1, -0.05) is 19.8 Å². The lowest BCUT2D eigenvalue weighted by Gasteiger charge is -2.38. The molecular weight excluding hydrogens is 220 g/mol.